The lowest BCUT2D eigenvalue weighted by atomic mass is 10.2. The largest absolute Gasteiger partial charge is 0.264 e. The smallest absolute Gasteiger partial charge is 0.242 e. The number of pyridine rings is 1. The van der Waals surface area contributed by atoms with Gasteiger partial charge in [0.05, 0.1) is 15.7 Å². The van der Waals surface area contributed by atoms with Crippen LogP contribution in [-0.4, -0.2) is 24.9 Å². The van der Waals surface area contributed by atoms with E-state index in [1.165, 1.54) is 17.4 Å². The van der Waals surface area contributed by atoms with E-state index >= 15 is 0 Å². The third kappa shape index (κ3) is 3.99. The number of hydrogen-bond acceptors (Lipinski definition) is 5. The Morgan fingerprint density at radius 1 is 1.17 bits per heavy atom. The van der Waals surface area contributed by atoms with Crippen LogP contribution < -0.4 is 4.72 Å². The van der Waals surface area contributed by atoms with Gasteiger partial charge in [-0.25, -0.2) is 18.1 Å². The number of thiazole rings is 1. The van der Waals surface area contributed by atoms with Crippen molar-refractivity contribution in [2.24, 2.45) is 0 Å². The van der Waals surface area contributed by atoms with Gasteiger partial charge < -0.3 is 0 Å². The van der Waals surface area contributed by atoms with Gasteiger partial charge in [0.15, 0.2) is 0 Å². The summed E-state index contributed by atoms with van der Waals surface area (Å²) in [5.41, 5.74) is 1.79. The summed E-state index contributed by atoms with van der Waals surface area (Å²) in [7, 11) is -3.62. The predicted molar refractivity (Wildman–Crippen MR) is 95.7 cm³/mol. The lowest BCUT2D eigenvalue weighted by Crippen LogP contribution is -2.26. The van der Waals surface area contributed by atoms with E-state index in [1.54, 1.807) is 30.6 Å². The summed E-state index contributed by atoms with van der Waals surface area (Å²) in [6, 6.07) is 10.2. The zero-order valence-electron chi connectivity index (χ0n) is 12.5. The number of benzene rings is 1. The van der Waals surface area contributed by atoms with E-state index in [0.717, 1.165) is 16.3 Å². The first-order valence-corrected chi connectivity index (χ1v) is 9.89. The molecule has 2 aromatic heterocycles. The van der Waals surface area contributed by atoms with E-state index < -0.39 is 10.0 Å². The molecule has 0 fully saturated rings. The predicted octanol–water partition coefficient (Wildman–Crippen LogP) is 3.38. The van der Waals surface area contributed by atoms with Gasteiger partial charge in [-0.1, -0.05) is 23.7 Å². The normalized spacial score (nSPS) is 11.5. The van der Waals surface area contributed by atoms with Crippen molar-refractivity contribution >= 4 is 33.0 Å². The summed E-state index contributed by atoms with van der Waals surface area (Å²) in [4.78, 5) is 8.66. The molecule has 0 saturated heterocycles. The van der Waals surface area contributed by atoms with E-state index in [-0.39, 0.29) is 16.5 Å². The zero-order valence-corrected chi connectivity index (χ0v) is 14.9. The van der Waals surface area contributed by atoms with E-state index in [4.69, 9.17) is 11.6 Å². The molecule has 0 amide bonds. The highest BCUT2D eigenvalue weighted by Gasteiger charge is 2.16. The molecule has 24 heavy (non-hydrogen) atoms. The van der Waals surface area contributed by atoms with Crippen LogP contribution in [0.25, 0.3) is 11.3 Å². The fraction of sp³-hybridized carbons (Fsp3) is 0.125. The molecule has 3 aromatic rings. The Balaban J connectivity index is 1.63. The van der Waals surface area contributed by atoms with Crippen molar-refractivity contribution in [3.05, 3.63) is 64.2 Å². The Labute approximate surface area is 149 Å². The lowest BCUT2D eigenvalue weighted by Gasteiger charge is -2.07. The quantitative estimate of drug-likeness (QED) is 0.712. The van der Waals surface area contributed by atoms with Crippen LogP contribution in [-0.2, 0) is 16.4 Å². The molecule has 0 aliphatic carbocycles. The van der Waals surface area contributed by atoms with Crippen LogP contribution in [0.5, 0.6) is 0 Å². The number of aromatic nitrogens is 2. The molecule has 8 heteroatoms. The molecule has 2 heterocycles. The maximum absolute atomic E-state index is 12.2. The minimum Gasteiger partial charge on any atom is -0.264 e. The minimum absolute atomic E-state index is 0.0851. The van der Waals surface area contributed by atoms with Gasteiger partial charge in [0.25, 0.3) is 0 Å². The Kier molecular flexibility index (Phi) is 5.25. The second-order valence-corrected chi connectivity index (χ2v) is 8.03. The molecule has 3 rings (SSSR count). The lowest BCUT2D eigenvalue weighted by molar-refractivity contribution is 0.581. The molecule has 0 unspecified atom stereocenters. The van der Waals surface area contributed by atoms with Crippen molar-refractivity contribution in [2.75, 3.05) is 6.54 Å². The van der Waals surface area contributed by atoms with E-state index in [0.29, 0.717) is 6.42 Å². The number of sulfonamides is 1. The van der Waals surface area contributed by atoms with Gasteiger partial charge in [-0.05, 0) is 24.3 Å². The van der Waals surface area contributed by atoms with Crippen molar-refractivity contribution in [3.63, 3.8) is 0 Å². The maximum atomic E-state index is 12.2. The Bertz CT molecular complexity index is 927. The number of nitrogens with zero attached hydrogens (tertiary/aromatic N) is 2. The molecule has 5 nitrogen and oxygen atoms in total. The van der Waals surface area contributed by atoms with Gasteiger partial charge >= 0.3 is 0 Å². The summed E-state index contributed by atoms with van der Waals surface area (Å²) in [5.74, 6) is 0. The molecule has 0 aliphatic heterocycles. The van der Waals surface area contributed by atoms with Crippen LogP contribution in [0.2, 0.25) is 5.02 Å². The Morgan fingerprint density at radius 3 is 2.75 bits per heavy atom. The fourth-order valence-electron chi connectivity index (χ4n) is 2.11. The van der Waals surface area contributed by atoms with Crippen molar-refractivity contribution < 1.29 is 8.42 Å². The number of rotatable bonds is 6. The van der Waals surface area contributed by atoms with Crippen LogP contribution in [0.4, 0.5) is 0 Å². The van der Waals surface area contributed by atoms with E-state index in [9.17, 15) is 8.42 Å². The first-order chi connectivity index (χ1) is 11.6. The van der Waals surface area contributed by atoms with Crippen molar-refractivity contribution in [2.45, 2.75) is 11.3 Å². The molecular weight excluding hydrogens is 366 g/mol. The average Bonchev–Trinajstić information content (AvgIpc) is 3.05. The van der Waals surface area contributed by atoms with Crippen LogP contribution >= 0.6 is 22.9 Å². The summed E-state index contributed by atoms with van der Waals surface area (Å²) in [5, 5.41) is 3.00. The Hall–Kier alpha value is -1.80. The van der Waals surface area contributed by atoms with Gasteiger partial charge in [0.1, 0.15) is 4.90 Å². The van der Waals surface area contributed by atoms with Crippen LogP contribution in [0.1, 0.15) is 5.01 Å². The van der Waals surface area contributed by atoms with Crippen LogP contribution in [0.3, 0.4) is 0 Å². The number of halogens is 1. The van der Waals surface area contributed by atoms with Gasteiger partial charge in [-0.3, -0.25) is 4.98 Å². The molecule has 1 N–H and O–H groups in total. The second kappa shape index (κ2) is 7.40. The summed E-state index contributed by atoms with van der Waals surface area (Å²) < 4.78 is 27.1. The minimum atomic E-state index is -3.62. The van der Waals surface area contributed by atoms with Crippen molar-refractivity contribution in [1.29, 1.82) is 0 Å². The van der Waals surface area contributed by atoms with Crippen molar-refractivity contribution in [3.8, 4) is 11.3 Å². The SMILES string of the molecule is O=S(=O)(NCCc1nc(-c2cccnc2)cs1)c1ccccc1Cl. The maximum Gasteiger partial charge on any atom is 0.242 e. The van der Waals surface area contributed by atoms with Gasteiger partial charge in [0.2, 0.25) is 10.0 Å². The van der Waals surface area contributed by atoms with Gasteiger partial charge in [-0.2, -0.15) is 0 Å². The zero-order chi connectivity index (χ0) is 17.0. The molecule has 124 valence electrons. The molecule has 0 radical (unpaired) electrons. The summed E-state index contributed by atoms with van der Waals surface area (Å²) in [6.45, 7) is 0.257. The first kappa shape index (κ1) is 17.0. The molecule has 0 spiro atoms. The topological polar surface area (TPSA) is 72.0 Å². The van der Waals surface area contributed by atoms with E-state index in [1.807, 2.05) is 17.5 Å². The van der Waals surface area contributed by atoms with Gasteiger partial charge in [-0.15, -0.1) is 11.3 Å². The summed E-state index contributed by atoms with van der Waals surface area (Å²) in [6.07, 6.45) is 3.97. The van der Waals surface area contributed by atoms with E-state index in [2.05, 4.69) is 14.7 Å². The monoisotopic (exact) mass is 379 g/mol. The highest BCUT2D eigenvalue weighted by atomic mass is 35.5. The highest BCUT2D eigenvalue weighted by Crippen LogP contribution is 2.22. The third-order valence-electron chi connectivity index (χ3n) is 3.27. The molecule has 1 aromatic carbocycles. The van der Waals surface area contributed by atoms with Gasteiger partial charge in [0, 0.05) is 36.3 Å². The van der Waals surface area contributed by atoms with Crippen molar-refractivity contribution in [1.82, 2.24) is 14.7 Å². The standard InChI is InChI=1S/C16H14ClN3O2S2/c17-13-5-1-2-6-15(13)24(21,22)19-9-7-16-20-14(11-23-16)12-4-3-8-18-10-12/h1-6,8,10-11,19H,7,9H2. The first-order valence-electron chi connectivity index (χ1n) is 7.15. The fourth-order valence-corrected chi connectivity index (χ4v) is 4.46. The second-order valence-electron chi connectivity index (χ2n) is 4.95. The van der Waals surface area contributed by atoms with Crippen LogP contribution in [0, 0.1) is 0 Å². The highest BCUT2D eigenvalue weighted by molar-refractivity contribution is 7.89. The molecule has 0 saturated carbocycles. The third-order valence-corrected chi connectivity index (χ3v) is 6.14. The number of hydrogen-bond donors (Lipinski definition) is 1. The summed E-state index contributed by atoms with van der Waals surface area (Å²) >= 11 is 7.43. The Morgan fingerprint density at radius 2 is 2.00 bits per heavy atom. The van der Waals surface area contributed by atoms with Crippen LogP contribution in [0.15, 0.2) is 59.1 Å². The average molecular weight is 380 g/mol. The molecule has 0 atom stereocenters. The molecule has 0 aliphatic rings. The molecule has 0 bridgehead atoms. The molecular formula is C16H14ClN3O2S2. The number of nitrogens with one attached hydrogen (secondary N) is 1.